The van der Waals surface area contributed by atoms with E-state index in [9.17, 15) is 14.7 Å². The zero-order valence-electron chi connectivity index (χ0n) is 10.9. The van der Waals surface area contributed by atoms with E-state index in [2.05, 4.69) is 4.98 Å². The normalized spacial score (nSPS) is 22.1. The first kappa shape index (κ1) is 15.1. The Morgan fingerprint density at radius 3 is 2.65 bits per heavy atom. The van der Waals surface area contributed by atoms with Gasteiger partial charge in [-0.05, 0) is 25.0 Å². The molecule has 0 aromatic carbocycles. The van der Waals surface area contributed by atoms with Crippen LogP contribution in [0, 0.1) is 5.41 Å². The molecule has 20 heavy (non-hydrogen) atoms. The number of carboxylic acids is 1. The second kappa shape index (κ2) is 5.58. The lowest BCUT2D eigenvalue weighted by atomic mass is 9.84. The Labute approximate surface area is 126 Å². The molecule has 0 spiro atoms. The minimum absolute atomic E-state index is 0.0341. The summed E-state index contributed by atoms with van der Waals surface area (Å²) in [4.78, 5) is 29.1. The highest BCUT2D eigenvalue weighted by Crippen LogP contribution is 2.35. The van der Waals surface area contributed by atoms with E-state index in [1.807, 2.05) is 6.92 Å². The van der Waals surface area contributed by atoms with E-state index in [0.29, 0.717) is 19.4 Å². The highest BCUT2D eigenvalue weighted by molar-refractivity contribution is 6.34. The van der Waals surface area contributed by atoms with E-state index in [0.717, 1.165) is 0 Å². The number of halogens is 2. The molecule has 0 bridgehead atoms. The van der Waals surface area contributed by atoms with Gasteiger partial charge in [-0.3, -0.25) is 9.59 Å². The summed E-state index contributed by atoms with van der Waals surface area (Å²) >= 11 is 11.6. The van der Waals surface area contributed by atoms with Gasteiger partial charge in [-0.1, -0.05) is 30.1 Å². The molecule has 1 saturated heterocycles. The monoisotopic (exact) mass is 316 g/mol. The van der Waals surface area contributed by atoms with Crippen LogP contribution < -0.4 is 0 Å². The molecule has 1 N–H and O–H groups in total. The molecule has 1 unspecified atom stereocenters. The molecular weight excluding hydrogens is 303 g/mol. The Bertz CT molecular complexity index is 565. The number of carbonyl (C=O) groups is 2. The number of aliphatic carboxylic acids is 1. The first-order valence-corrected chi connectivity index (χ1v) is 7.00. The fraction of sp³-hybridized carbons (Fsp3) is 0.462. The van der Waals surface area contributed by atoms with E-state index >= 15 is 0 Å². The lowest BCUT2D eigenvalue weighted by Gasteiger charge is -2.23. The van der Waals surface area contributed by atoms with Gasteiger partial charge in [0.25, 0.3) is 5.91 Å². The standard InChI is InChI=1S/C13H14Cl2N2O3/c1-2-13(12(19)20)5-6-17(7-13)11(18)8-3-4-9(14)16-10(8)15/h3-4H,2,5-7H2,1H3,(H,19,20). The second-order valence-corrected chi connectivity index (χ2v) is 5.63. The van der Waals surface area contributed by atoms with Gasteiger partial charge < -0.3 is 10.0 Å². The molecule has 1 aliphatic heterocycles. The van der Waals surface area contributed by atoms with E-state index in [1.54, 1.807) is 0 Å². The Kier molecular flexibility index (Phi) is 4.20. The smallest absolute Gasteiger partial charge is 0.311 e. The SMILES string of the molecule is CCC1(C(=O)O)CCN(C(=O)c2ccc(Cl)nc2Cl)C1. The van der Waals surface area contributed by atoms with E-state index < -0.39 is 11.4 Å². The van der Waals surface area contributed by atoms with Crippen molar-refractivity contribution < 1.29 is 14.7 Å². The predicted molar refractivity (Wildman–Crippen MR) is 75.1 cm³/mol. The number of hydrogen-bond acceptors (Lipinski definition) is 3. The number of rotatable bonds is 3. The summed E-state index contributed by atoms with van der Waals surface area (Å²) in [5.74, 6) is -1.17. The number of likely N-dealkylation sites (tertiary alicyclic amines) is 1. The van der Waals surface area contributed by atoms with E-state index in [1.165, 1.54) is 17.0 Å². The Hall–Kier alpha value is -1.33. The molecule has 0 radical (unpaired) electrons. The summed E-state index contributed by atoms with van der Waals surface area (Å²) in [5.41, 5.74) is -0.615. The van der Waals surface area contributed by atoms with Crippen LogP contribution >= 0.6 is 23.2 Å². The number of carboxylic acid groups (broad SMARTS) is 1. The molecule has 0 aliphatic carbocycles. The highest BCUT2D eigenvalue weighted by Gasteiger charge is 2.45. The number of amides is 1. The summed E-state index contributed by atoms with van der Waals surface area (Å²) in [7, 11) is 0. The lowest BCUT2D eigenvalue weighted by molar-refractivity contribution is -0.148. The summed E-state index contributed by atoms with van der Waals surface area (Å²) in [6.45, 7) is 2.41. The summed E-state index contributed by atoms with van der Waals surface area (Å²) in [6, 6.07) is 2.99. The Balaban J connectivity index is 2.21. The van der Waals surface area contributed by atoms with Crippen LogP contribution in [-0.4, -0.2) is 40.0 Å². The van der Waals surface area contributed by atoms with Gasteiger partial charge in [-0.2, -0.15) is 0 Å². The number of nitrogens with zero attached hydrogens (tertiary/aromatic N) is 2. The fourth-order valence-corrected chi connectivity index (χ4v) is 2.83. The van der Waals surface area contributed by atoms with Crippen molar-refractivity contribution in [1.82, 2.24) is 9.88 Å². The van der Waals surface area contributed by atoms with Crippen LogP contribution in [0.2, 0.25) is 10.3 Å². The molecule has 1 fully saturated rings. The van der Waals surface area contributed by atoms with Crippen LogP contribution in [0.25, 0.3) is 0 Å². The largest absolute Gasteiger partial charge is 0.481 e. The van der Waals surface area contributed by atoms with Gasteiger partial charge >= 0.3 is 5.97 Å². The minimum Gasteiger partial charge on any atom is -0.481 e. The second-order valence-electron chi connectivity index (χ2n) is 4.89. The van der Waals surface area contributed by atoms with Crippen molar-refractivity contribution in [3.05, 3.63) is 28.0 Å². The summed E-state index contributed by atoms with van der Waals surface area (Å²) in [5, 5.41) is 9.57. The molecule has 1 aromatic rings. The molecule has 7 heteroatoms. The van der Waals surface area contributed by atoms with Crippen molar-refractivity contribution in [2.45, 2.75) is 19.8 Å². The zero-order chi connectivity index (χ0) is 14.9. The van der Waals surface area contributed by atoms with E-state index in [4.69, 9.17) is 23.2 Å². The lowest BCUT2D eigenvalue weighted by Crippen LogP contribution is -2.36. The third-order valence-electron chi connectivity index (χ3n) is 3.82. The predicted octanol–water partition coefficient (Wildman–Crippen LogP) is 2.72. The number of pyridine rings is 1. The summed E-state index contributed by atoms with van der Waals surface area (Å²) in [6.07, 6.45) is 0.932. The summed E-state index contributed by atoms with van der Waals surface area (Å²) < 4.78 is 0. The fourth-order valence-electron chi connectivity index (χ4n) is 2.40. The van der Waals surface area contributed by atoms with Gasteiger partial charge in [-0.25, -0.2) is 4.98 Å². The minimum atomic E-state index is -0.865. The van der Waals surface area contributed by atoms with Gasteiger partial charge in [0.05, 0.1) is 11.0 Å². The number of aromatic nitrogens is 1. The molecule has 1 aromatic heterocycles. The van der Waals surface area contributed by atoms with Crippen molar-refractivity contribution in [3.8, 4) is 0 Å². The van der Waals surface area contributed by atoms with Gasteiger partial charge in [0.15, 0.2) is 0 Å². The maximum Gasteiger partial charge on any atom is 0.311 e. The van der Waals surface area contributed by atoms with Gasteiger partial charge in [0, 0.05) is 13.1 Å². The average Bonchev–Trinajstić information content (AvgIpc) is 2.83. The van der Waals surface area contributed by atoms with Crippen LogP contribution in [0.4, 0.5) is 0 Å². The highest BCUT2D eigenvalue weighted by atomic mass is 35.5. The molecule has 1 aliphatic rings. The third-order valence-corrected chi connectivity index (χ3v) is 4.32. The van der Waals surface area contributed by atoms with Gasteiger partial charge in [0.1, 0.15) is 10.3 Å². The Morgan fingerprint density at radius 1 is 1.45 bits per heavy atom. The first-order valence-electron chi connectivity index (χ1n) is 6.24. The van der Waals surface area contributed by atoms with Crippen LogP contribution in [0.15, 0.2) is 12.1 Å². The van der Waals surface area contributed by atoms with Gasteiger partial charge in [-0.15, -0.1) is 0 Å². The maximum atomic E-state index is 12.4. The molecule has 108 valence electrons. The molecule has 5 nitrogen and oxygen atoms in total. The van der Waals surface area contributed by atoms with Crippen molar-refractivity contribution in [3.63, 3.8) is 0 Å². The quantitative estimate of drug-likeness (QED) is 0.870. The van der Waals surface area contributed by atoms with Crippen LogP contribution in [-0.2, 0) is 4.79 Å². The maximum absolute atomic E-state index is 12.4. The molecular formula is C13H14Cl2N2O3. The van der Waals surface area contributed by atoms with E-state index in [-0.39, 0.29) is 28.3 Å². The molecule has 2 heterocycles. The molecule has 1 atom stereocenters. The van der Waals surface area contributed by atoms with Gasteiger partial charge in [0.2, 0.25) is 0 Å². The topological polar surface area (TPSA) is 70.5 Å². The molecule has 0 saturated carbocycles. The van der Waals surface area contributed by atoms with Crippen molar-refractivity contribution >= 4 is 35.1 Å². The first-order chi connectivity index (χ1) is 9.39. The van der Waals surface area contributed by atoms with Crippen molar-refractivity contribution in [2.75, 3.05) is 13.1 Å². The van der Waals surface area contributed by atoms with Crippen LogP contribution in [0.5, 0.6) is 0 Å². The third kappa shape index (κ3) is 2.60. The van der Waals surface area contributed by atoms with Crippen LogP contribution in [0.1, 0.15) is 30.1 Å². The zero-order valence-corrected chi connectivity index (χ0v) is 12.4. The number of hydrogen-bond donors (Lipinski definition) is 1. The Morgan fingerprint density at radius 2 is 2.15 bits per heavy atom. The average molecular weight is 317 g/mol. The van der Waals surface area contributed by atoms with Crippen LogP contribution in [0.3, 0.4) is 0 Å². The number of carbonyl (C=O) groups excluding carboxylic acids is 1. The molecule has 2 rings (SSSR count). The van der Waals surface area contributed by atoms with Crippen molar-refractivity contribution in [1.29, 1.82) is 0 Å². The molecule has 1 amide bonds. The van der Waals surface area contributed by atoms with Crippen molar-refractivity contribution in [2.24, 2.45) is 5.41 Å².